The third kappa shape index (κ3) is 23.8. The van der Waals surface area contributed by atoms with Crippen LogP contribution < -0.4 is 26.0 Å². The minimum atomic E-state index is -4.37. The van der Waals surface area contributed by atoms with Gasteiger partial charge in [0.1, 0.15) is 43.8 Å². The number of rotatable bonds is 24. The predicted molar refractivity (Wildman–Crippen MR) is 381 cm³/mol. The second-order valence-corrected chi connectivity index (χ2v) is 31.8. The van der Waals surface area contributed by atoms with Crippen LogP contribution in [0.3, 0.4) is 0 Å². The first-order chi connectivity index (χ1) is 49.9. The highest BCUT2D eigenvalue weighted by atomic mass is 35.5. The highest BCUT2D eigenvalue weighted by Gasteiger charge is 2.31. The third-order valence-electron chi connectivity index (χ3n) is 13.8. The van der Waals surface area contributed by atoms with E-state index in [0.29, 0.717) is 28.6 Å². The second kappa shape index (κ2) is 39.2. The van der Waals surface area contributed by atoms with Crippen molar-refractivity contribution in [1.82, 2.24) is 17.6 Å². The minimum absolute atomic E-state index is 0.0510. The number of carbonyl (C=O) groups is 4. The maximum atomic E-state index is 14.2. The van der Waals surface area contributed by atoms with Crippen LogP contribution in [0.25, 0.3) is 0 Å². The molecule has 578 valence electrons. The molecule has 0 aliphatic heterocycles. The van der Waals surface area contributed by atoms with Gasteiger partial charge in [-0.2, -0.15) is 12.9 Å². The highest BCUT2D eigenvalue weighted by molar-refractivity contribution is 7.90. The van der Waals surface area contributed by atoms with E-state index in [1.807, 2.05) is 4.72 Å². The van der Waals surface area contributed by atoms with Crippen molar-refractivity contribution in [1.29, 1.82) is 0 Å². The molecule has 0 atom stereocenters. The Bertz CT molecular complexity index is 5130. The number of nitrogens with zero attached hydrogens (tertiary/aromatic N) is 3. The summed E-state index contributed by atoms with van der Waals surface area (Å²) >= 11 is 40.0. The monoisotopic (exact) mass is 1720 g/mol. The zero-order chi connectivity index (χ0) is 80.5. The van der Waals surface area contributed by atoms with Gasteiger partial charge in [0, 0.05) is 87.8 Å². The lowest BCUT2D eigenvalue weighted by atomic mass is 10.2. The number of hydrogen-bond donors (Lipinski definition) is 9. The first-order valence-corrected chi connectivity index (χ1v) is 37.7. The van der Waals surface area contributed by atoms with Crippen molar-refractivity contribution in [2.24, 2.45) is 0 Å². The molecule has 8 rings (SSSR count). The van der Waals surface area contributed by atoms with E-state index >= 15 is 0 Å². The summed E-state index contributed by atoms with van der Waals surface area (Å²) in [6.45, 7) is -2.83. The summed E-state index contributed by atoms with van der Waals surface area (Å²) < 4.78 is 224. The SMILES string of the molecule is CN(CCO)S(=O)(=O)c1cc(C(=O)Nc2cc(F)c(F)c(Cl)c2)c(Cl)cc1F.CN(CCO)S(=O)(=O)c1cc(C(=O)Nc2ccc(F)c(Cl)c2)c(Cl)cc1F.CN(CCO)S(=O)(=O)c1ccc(Cl)c(C(=O)Nc2cc(F)c(F)c(Cl)c2)c1.O=C(Nc1ccc(F)c(Cl)c1)c1ccc(F)c(S(=O)(=O)NCCO)c1. The number of hydrogen-bond acceptors (Lipinski definition) is 16. The van der Waals surface area contributed by atoms with Crippen molar-refractivity contribution in [2.75, 3.05) is 95.0 Å². The largest absolute Gasteiger partial charge is 0.395 e. The standard InChI is InChI=1S/C16H13Cl2F3N2O4S.2C16H14Cl2F2N2O4S.C15H13ClF2N2O4S/c1-23(2-3-24)28(26,27)14-6-9(10(17)7-12(14)19)16(25)22-8-4-11(18)15(21)13(20)5-8;1-22(4-5-23)27(25,26)10-2-3-12(17)11(8-10)16(24)21-9-6-13(18)15(20)14(19)7-9;1-22(4-5-23)27(25,26)15-7-10(11(17)8-14(15)20)16(24)21-9-2-3-13(19)12(18)6-9;16-11-8-10(2-4-12(11)17)20-15(22)9-1-3-13(18)14(7-9)25(23,24)19-5-6-21/h4-7,24H,2-3H2,1H3,(H,22,25);2*2-3,6-8,23H,4-5H2,1H3,(H,21,24);1-4,7-8,19,21H,5-6H2,(H,20,22). The maximum absolute atomic E-state index is 14.2. The van der Waals surface area contributed by atoms with Gasteiger partial charge in [0.05, 0.1) is 83.2 Å². The minimum Gasteiger partial charge on any atom is -0.395 e. The van der Waals surface area contributed by atoms with Crippen molar-refractivity contribution in [3.05, 3.63) is 231 Å². The molecule has 0 unspecified atom stereocenters. The van der Waals surface area contributed by atoms with E-state index in [-0.39, 0.29) is 97.2 Å². The summed E-state index contributed by atoms with van der Waals surface area (Å²) in [6.07, 6.45) is 0. The normalized spacial score (nSPS) is 11.6. The number of anilines is 4. The summed E-state index contributed by atoms with van der Waals surface area (Å²) in [5.74, 6) is -13.3. The van der Waals surface area contributed by atoms with Gasteiger partial charge in [-0.05, 0) is 109 Å². The molecule has 4 amide bonds. The number of sulfonamides is 4. The van der Waals surface area contributed by atoms with Gasteiger partial charge in [-0.25, -0.2) is 77.9 Å². The average molecular weight is 1730 g/mol. The molecule has 24 nitrogen and oxygen atoms in total. The molecule has 0 aliphatic rings. The smallest absolute Gasteiger partial charge is 0.257 e. The topological polar surface area (TPSA) is 356 Å². The Kier molecular flexibility index (Phi) is 33.1. The summed E-state index contributed by atoms with van der Waals surface area (Å²) in [5.41, 5.74) is -1.12. The second-order valence-electron chi connectivity index (χ2n) is 21.2. The molecule has 44 heteroatoms. The van der Waals surface area contributed by atoms with Crippen LogP contribution in [0.2, 0.25) is 35.2 Å². The molecule has 8 aromatic rings. The molecule has 8 aromatic carbocycles. The van der Waals surface area contributed by atoms with Crippen molar-refractivity contribution >= 4 is 168 Å². The summed E-state index contributed by atoms with van der Waals surface area (Å²) in [5, 5.41) is 42.2. The molecule has 0 aliphatic carbocycles. The molecule has 0 aromatic heterocycles. The lowest BCUT2D eigenvalue weighted by Crippen LogP contribution is -2.30. The molecule has 0 saturated heterocycles. The van der Waals surface area contributed by atoms with E-state index in [0.717, 1.165) is 89.4 Å². The van der Waals surface area contributed by atoms with Gasteiger partial charge < -0.3 is 41.7 Å². The first-order valence-electron chi connectivity index (χ1n) is 29.2. The molecule has 0 spiro atoms. The van der Waals surface area contributed by atoms with E-state index in [1.54, 1.807) is 0 Å². The van der Waals surface area contributed by atoms with Crippen molar-refractivity contribution in [2.45, 2.75) is 19.6 Å². The van der Waals surface area contributed by atoms with Crippen LogP contribution in [0.4, 0.5) is 62.3 Å². The van der Waals surface area contributed by atoms with Crippen LogP contribution in [-0.2, 0) is 40.1 Å². The first kappa shape index (κ1) is 90.1. The summed E-state index contributed by atoms with van der Waals surface area (Å²) in [4.78, 5) is 46.8. The molecular formula is C63H54Cl7F9N8O16S4. The Morgan fingerprint density at radius 3 is 1.09 bits per heavy atom. The van der Waals surface area contributed by atoms with Crippen LogP contribution >= 0.6 is 81.2 Å². The van der Waals surface area contributed by atoms with Crippen LogP contribution in [0.1, 0.15) is 41.4 Å². The average Bonchev–Trinajstić information content (AvgIpc) is 0.798. The number of aliphatic hydroxyl groups is 4. The number of likely N-dealkylation sites (N-methyl/N-ethyl adjacent to an activating group) is 3. The van der Waals surface area contributed by atoms with E-state index in [2.05, 4.69) is 21.3 Å². The van der Waals surface area contributed by atoms with Gasteiger partial charge in [-0.1, -0.05) is 81.2 Å². The number of carbonyl (C=O) groups excluding carboxylic acids is 4. The highest BCUT2D eigenvalue weighted by Crippen LogP contribution is 2.33. The van der Waals surface area contributed by atoms with Crippen LogP contribution in [0.15, 0.2) is 141 Å². The summed E-state index contributed by atoms with van der Waals surface area (Å²) in [7, 11) is -13.3. The fraction of sp³-hybridized carbons (Fsp3) is 0.175. The van der Waals surface area contributed by atoms with Gasteiger partial charge >= 0.3 is 0 Å². The Morgan fingerprint density at radius 2 is 0.710 bits per heavy atom. The van der Waals surface area contributed by atoms with E-state index in [1.165, 1.54) is 37.4 Å². The molecule has 0 saturated carbocycles. The van der Waals surface area contributed by atoms with Gasteiger partial charge in [-0.3, -0.25) is 19.2 Å². The van der Waals surface area contributed by atoms with Crippen LogP contribution in [0.5, 0.6) is 0 Å². The third-order valence-corrected chi connectivity index (χ3v) is 22.9. The Balaban J connectivity index is 0.000000256. The molecule has 9 N–H and O–H groups in total. The van der Waals surface area contributed by atoms with Gasteiger partial charge in [0.25, 0.3) is 23.6 Å². The van der Waals surface area contributed by atoms with Crippen molar-refractivity contribution in [3.8, 4) is 0 Å². The number of nitrogens with one attached hydrogen (secondary N) is 5. The van der Waals surface area contributed by atoms with E-state index < -0.39 is 171 Å². The lowest BCUT2D eigenvalue weighted by molar-refractivity contribution is 0.101. The Labute approximate surface area is 639 Å². The fourth-order valence-corrected chi connectivity index (χ4v) is 14.5. The van der Waals surface area contributed by atoms with Gasteiger partial charge in [-0.15, -0.1) is 0 Å². The molecule has 0 heterocycles. The maximum Gasteiger partial charge on any atom is 0.257 e. The van der Waals surface area contributed by atoms with Crippen molar-refractivity contribution < 1.29 is 113 Å². The van der Waals surface area contributed by atoms with Crippen LogP contribution in [-0.4, -0.2) is 164 Å². The van der Waals surface area contributed by atoms with Gasteiger partial charge in [0.15, 0.2) is 23.3 Å². The molecule has 0 bridgehead atoms. The number of benzene rings is 8. The van der Waals surface area contributed by atoms with Crippen molar-refractivity contribution in [3.63, 3.8) is 0 Å². The number of aliphatic hydroxyl groups excluding tert-OH is 4. The van der Waals surface area contributed by atoms with Crippen LogP contribution in [0, 0.1) is 52.4 Å². The van der Waals surface area contributed by atoms with Gasteiger partial charge in [0.2, 0.25) is 40.1 Å². The predicted octanol–water partition coefficient (Wildman–Crippen LogP) is 11.7. The number of amides is 4. The zero-order valence-corrected chi connectivity index (χ0v) is 63.0. The fourth-order valence-electron chi connectivity index (χ4n) is 8.25. The van der Waals surface area contributed by atoms with E-state index in [9.17, 15) is 92.4 Å². The Hall–Kier alpha value is -7.48. The molecule has 0 radical (unpaired) electrons. The molecular weight excluding hydrogens is 1670 g/mol. The molecule has 107 heavy (non-hydrogen) atoms. The quantitative estimate of drug-likeness (QED) is 0.0200. The molecule has 0 fully saturated rings. The zero-order valence-electron chi connectivity index (χ0n) is 54.4. The van der Waals surface area contributed by atoms with E-state index in [4.69, 9.17) is 102 Å². The Morgan fingerprint density at radius 1 is 0.346 bits per heavy atom. The summed E-state index contributed by atoms with van der Waals surface area (Å²) in [6, 6.07) is 19.3. The number of halogens is 16. The lowest BCUT2D eigenvalue weighted by Gasteiger charge is -2.17.